The molecule has 0 saturated heterocycles. The third-order valence-corrected chi connectivity index (χ3v) is 20.0. The molecule has 3 heterocycles. The Balaban J connectivity index is 1.03. The van der Waals surface area contributed by atoms with Gasteiger partial charge < -0.3 is 4.57 Å². The van der Waals surface area contributed by atoms with Crippen molar-refractivity contribution in [2.24, 2.45) is 0 Å². The predicted molar refractivity (Wildman–Crippen MR) is 422 cm³/mol. The first-order valence-corrected chi connectivity index (χ1v) is 34.5. The highest BCUT2D eigenvalue weighted by Gasteiger charge is 2.33. The molecular formula is C97H61N5. The molecule has 474 valence electrons. The second-order valence-corrected chi connectivity index (χ2v) is 25.8. The van der Waals surface area contributed by atoms with Crippen molar-refractivity contribution in [2.45, 2.75) is 0 Å². The lowest BCUT2D eigenvalue weighted by Crippen LogP contribution is -2.06. The third-order valence-electron chi connectivity index (χ3n) is 20.0. The fourth-order valence-electron chi connectivity index (χ4n) is 15.7. The number of nitriles is 2. The van der Waals surface area contributed by atoms with Crippen LogP contribution in [0.15, 0.2) is 370 Å². The number of nitrogens with zero attached hydrogens (tertiary/aromatic N) is 5. The summed E-state index contributed by atoms with van der Waals surface area (Å²) in [6.45, 7) is 0. The zero-order valence-electron chi connectivity index (χ0n) is 55.5. The number of rotatable bonds is 13. The van der Waals surface area contributed by atoms with E-state index in [-0.39, 0.29) is 0 Å². The van der Waals surface area contributed by atoms with Gasteiger partial charge in [-0.05, 0) is 139 Å². The minimum absolute atomic E-state index is 0.550. The summed E-state index contributed by atoms with van der Waals surface area (Å²) in [7, 11) is 0. The third kappa shape index (κ3) is 10.3. The molecule has 3 aromatic heterocycles. The molecule has 0 atom stereocenters. The highest BCUT2D eigenvalue weighted by atomic mass is 15.1. The van der Waals surface area contributed by atoms with Crippen LogP contribution < -0.4 is 0 Å². The first kappa shape index (κ1) is 60.4. The average molecular weight is 1300 g/mol. The highest BCUT2D eigenvalue weighted by molar-refractivity contribution is 6.16. The van der Waals surface area contributed by atoms with Crippen LogP contribution in [0.1, 0.15) is 11.1 Å². The fourth-order valence-corrected chi connectivity index (χ4v) is 15.7. The maximum absolute atomic E-state index is 12.2. The van der Waals surface area contributed by atoms with Gasteiger partial charge in [0.2, 0.25) is 0 Å². The van der Waals surface area contributed by atoms with E-state index < -0.39 is 0 Å². The van der Waals surface area contributed by atoms with Crippen molar-refractivity contribution in [1.29, 1.82) is 10.5 Å². The van der Waals surface area contributed by atoms with Crippen molar-refractivity contribution in [3.63, 3.8) is 0 Å². The molecule has 0 amide bonds. The van der Waals surface area contributed by atoms with Crippen molar-refractivity contribution < 1.29 is 0 Å². The predicted octanol–water partition coefficient (Wildman–Crippen LogP) is 25.4. The summed E-state index contributed by atoms with van der Waals surface area (Å²) in [5.74, 6) is 0.673. The van der Waals surface area contributed by atoms with E-state index in [2.05, 4.69) is 367 Å². The van der Waals surface area contributed by atoms with Crippen LogP contribution in [-0.2, 0) is 0 Å². The second-order valence-electron chi connectivity index (χ2n) is 25.8. The number of hydrogen-bond donors (Lipinski definition) is 0. The van der Waals surface area contributed by atoms with Gasteiger partial charge in [0.25, 0.3) is 0 Å². The van der Waals surface area contributed by atoms with Gasteiger partial charge in [0.05, 0.1) is 38.9 Å². The number of fused-ring (bicyclic) bond motifs is 6. The Bertz CT molecular complexity index is 5860. The smallest absolute Gasteiger partial charge is 0.138 e. The number of hydrogen-bond acceptors (Lipinski definition) is 3. The lowest BCUT2D eigenvalue weighted by molar-refractivity contribution is 1.08. The summed E-state index contributed by atoms with van der Waals surface area (Å²) in [5, 5.41) is 28.9. The highest BCUT2D eigenvalue weighted by Crippen LogP contribution is 2.57. The molecule has 0 spiro atoms. The maximum atomic E-state index is 12.2. The number of benzene rings is 15. The minimum Gasteiger partial charge on any atom is -0.309 e. The topological polar surface area (TPSA) is 70.3 Å². The molecule has 0 bridgehead atoms. The van der Waals surface area contributed by atoms with Crippen LogP contribution in [0.3, 0.4) is 0 Å². The molecule has 0 aliphatic rings. The molecule has 18 rings (SSSR count). The largest absolute Gasteiger partial charge is 0.309 e. The molecule has 0 aliphatic heterocycles. The van der Waals surface area contributed by atoms with Crippen LogP contribution in [-0.4, -0.2) is 14.1 Å². The lowest BCUT2D eigenvalue weighted by atomic mass is 9.75. The van der Waals surface area contributed by atoms with E-state index in [1.54, 1.807) is 0 Å². The Morgan fingerprint density at radius 3 is 0.833 bits per heavy atom. The molecule has 102 heavy (non-hydrogen) atoms. The van der Waals surface area contributed by atoms with E-state index in [0.29, 0.717) is 22.6 Å². The van der Waals surface area contributed by atoms with Gasteiger partial charge in [-0.15, -0.1) is 0 Å². The first-order chi connectivity index (χ1) is 50.6. The van der Waals surface area contributed by atoms with Crippen LogP contribution in [0.5, 0.6) is 0 Å². The Hall–Kier alpha value is -14.0. The zero-order chi connectivity index (χ0) is 68.0. The van der Waals surface area contributed by atoms with Gasteiger partial charge in [-0.25, -0.2) is 4.98 Å². The maximum Gasteiger partial charge on any atom is 0.138 e. The van der Waals surface area contributed by atoms with E-state index in [9.17, 15) is 10.5 Å². The van der Waals surface area contributed by atoms with E-state index in [4.69, 9.17) is 4.98 Å². The Labute approximate surface area is 591 Å². The summed E-state index contributed by atoms with van der Waals surface area (Å²) >= 11 is 0. The molecule has 5 nitrogen and oxygen atoms in total. The Morgan fingerprint density at radius 2 is 0.480 bits per heavy atom. The van der Waals surface area contributed by atoms with Crippen LogP contribution in [0, 0.1) is 22.7 Å². The summed E-state index contributed by atoms with van der Waals surface area (Å²) in [6.07, 6.45) is 0. The van der Waals surface area contributed by atoms with Gasteiger partial charge in [-0.3, -0.25) is 4.57 Å². The van der Waals surface area contributed by atoms with E-state index in [1.165, 1.54) is 10.8 Å². The second kappa shape index (κ2) is 25.8. The monoisotopic (exact) mass is 1300 g/mol. The Kier molecular flexibility index (Phi) is 15.3. The summed E-state index contributed by atoms with van der Waals surface area (Å²) in [4.78, 5) is 6.27. The average Bonchev–Trinajstić information content (AvgIpc) is 0.762. The normalized spacial score (nSPS) is 11.3. The van der Waals surface area contributed by atoms with Crippen molar-refractivity contribution in [1.82, 2.24) is 14.1 Å². The molecular weight excluding hydrogens is 1240 g/mol. The summed E-state index contributed by atoms with van der Waals surface area (Å²) < 4.78 is 4.72. The van der Waals surface area contributed by atoms with E-state index >= 15 is 0 Å². The SMILES string of the molecule is N#Cc1c(-c2ccccc2)c(-c2ccccc2)c(-c2cc(-c3c(-c4ccccc4)c(-c4ccccc4)c(C#N)c(-c4ccccc4)c3-c3ccccc3)nc(-n3c4ccccc4c4cc(-c5ccc6c(c5)c5ccccc5n6-c5ccccc5)ccc43)c2)c(-c2ccccc2)c1-c1ccccc1. The van der Waals surface area contributed by atoms with Gasteiger partial charge in [-0.2, -0.15) is 10.5 Å². The van der Waals surface area contributed by atoms with Crippen LogP contribution in [0.2, 0.25) is 0 Å². The van der Waals surface area contributed by atoms with Crippen molar-refractivity contribution in [3.8, 4) is 146 Å². The standard InChI is InChI=1S/C97H61N5/c98-62-80-88(64-32-10-1-11-33-64)92(68-40-18-5-19-41-68)96(93(69-42-20-6-21-43-69)89(80)65-34-12-2-13-35-65)74-60-82(97-94(70-44-22-7-23-45-70)90(66-36-14-3-15-37-66)81(63-99)91(67-38-16-4-17-39-67)95(97)71-46-24-8-25-47-71)100-87(61-74)102-84-53-31-29-51-77(84)79-59-73(55-57-86(79)102)72-54-56-85-78(58-72)76-50-28-30-52-83(76)101(85)75-48-26-9-27-49-75/h1-61H. The van der Waals surface area contributed by atoms with Crippen LogP contribution in [0.4, 0.5) is 0 Å². The zero-order valence-corrected chi connectivity index (χ0v) is 55.5. The lowest BCUT2D eigenvalue weighted by Gasteiger charge is -2.28. The van der Waals surface area contributed by atoms with E-state index in [1.807, 2.05) is 24.3 Å². The number of pyridine rings is 1. The summed E-state index contributed by atoms with van der Waals surface area (Å²) in [6, 6.07) is 136. The van der Waals surface area contributed by atoms with E-state index in [0.717, 1.165) is 155 Å². The van der Waals surface area contributed by atoms with Crippen molar-refractivity contribution >= 4 is 43.6 Å². The fraction of sp³-hybridized carbons (Fsp3) is 0. The van der Waals surface area contributed by atoms with Gasteiger partial charge >= 0.3 is 0 Å². The van der Waals surface area contributed by atoms with Crippen molar-refractivity contribution in [3.05, 3.63) is 381 Å². The molecule has 0 unspecified atom stereocenters. The molecule has 18 aromatic rings. The molecule has 0 N–H and O–H groups in total. The van der Waals surface area contributed by atoms with Gasteiger partial charge in [0, 0.05) is 66.2 Å². The Morgan fingerprint density at radius 1 is 0.206 bits per heavy atom. The van der Waals surface area contributed by atoms with Gasteiger partial charge in [0.1, 0.15) is 18.0 Å². The quantitative estimate of drug-likeness (QED) is 0.115. The van der Waals surface area contributed by atoms with Crippen molar-refractivity contribution in [2.75, 3.05) is 0 Å². The van der Waals surface area contributed by atoms with Crippen LogP contribution in [0.25, 0.3) is 178 Å². The number of para-hydroxylation sites is 3. The first-order valence-electron chi connectivity index (χ1n) is 34.5. The molecule has 0 aliphatic carbocycles. The molecule has 5 heteroatoms. The van der Waals surface area contributed by atoms with Gasteiger partial charge in [0.15, 0.2) is 0 Å². The summed E-state index contributed by atoms with van der Waals surface area (Å²) in [5.41, 5.74) is 26.1. The van der Waals surface area contributed by atoms with Gasteiger partial charge in [-0.1, -0.05) is 309 Å². The number of aromatic nitrogens is 3. The molecule has 0 fully saturated rings. The molecule has 0 saturated carbocycles. The minimum atomic E-state index is 0.550. The van der Waals surface area contributed by atoms with Crippen LogP contribution >= 0.6 is 0 Å². The molecule has 0 radical (unpaired) electrons. The molecule has 15 aromatic carbocycles.